The molecule has 0 radical (unpaired) electrons. The van der Waals surface area contributed by atoms with E-state index in [2.05, 4.69) is 16.3 Å². The Morgan fingerprint density at radius 1 is 1.44 bits per heavy atom. The summed E-state index contributed by atoms with van der Waals surface area (Å²) in [5, 5.41) is 2.70. The van der Waals surface area contributed by atoms with E-state index in [0.717, 1.165) is 5.69 Å². The van der Waals surface area contributed by atoms with Crippen molar-refractivity contribution in [1.82, 2.24) is 4.98 Å². The monoisotopic (exact) mass is 118 g/mol. The van der Waals surface area contributed by atoms with Gasteiger partial charge in [0, 0.05) is 24.1 Å². The van der Waals surface area contributed by atoms with E-state index in [1.54, 1.807) is 24.5 Å². The summed E-state index contributed by atoms with van der Waals surface area (Å²) >= 11 is 0. The lowest BCUT2D eigenvalue weighted by Gasteiger charge is -1.92. The van der Waals surface area contributed by atoms with Crippen LogP contribution in [0.4, 0.5) is 5.69 Å². The van der Waals surface area contributed by atoms with Crippen molar-refractivity contribution >= 4 is 5.69 Å². The van der Waals surface area contributed by atoms with Crippen molar-refractivity contribution in [2.24, 2.45) is 0 Å². The predicted molar refractivity (Wildman–Crippen MR) is 36.7 cm³/mol. The Morgan fingerprint density at radius 3 is 2.67 bits per heavy atom. The Bertz CT molecular complexity index is 210. The second-order valence-electron chi connectivity index (χ2n) is 1.51. The van der Waals surface area contributed by atoms with Crippen LogP contribution in [0, 0.1) is 12.5 Å². The average molecular weight is 118 g/mol. The molecule has 9 heavy (non-hydrogen) atoms. The quantitative estimate of drug-likeness (QED) is 0.441. The number of pyridine rings is 1. The molecule has 2 heteroatoms. The van der Waals surface area contributed by atoms with E-state index in [4.69, 9.17) is 6.42 Å². The molecule has 0 fully saturated rings. The fourth-order valence-electron chi connectivity index (χ4n) is 0.519. The van der Waals surface area contributed by atoms with Crippen LogP contribution in [0.1, 0.15) is 0 Å². The molecule has 0 amide bonds. The summed E-state index contributed by atoms with van der Waals surface area (Å²) in [5.41, 5.74) is 0.896. The minimum atomic E-state index is 0.896. The first kappa shape index (κ1) is 5.64. The number of hydrogen-bond donors (Lipinski definition) is 1. The predicted octanol–water partition coefficient (Wildman–Crippen LogP) is 1.08. The highest BCUT2D eigenvalue weighted by atomic mass is 14.8. The first-order chi connectivity index (χ1) is 4.43. The molecule has 2 nitrogen and oxygen atoms in total. The molecule has 0 bridgehead atoms. The van der Waals surface area contributed by atoms with Crippen LogP contribution in [0.15, 0.2) is 24.5 Å². The van der Waals surface area contributed by atoms with E-state index in [1.807, 2.05) is 0 Å². The lowest BCUT2D eigenvalue weighted by molar-refractivity contribution is 1.33. The van der Waals surface area contributed by atoms with Gasteiger partial charge in [-0.05, 0) is 12.1 Å². The SMILES string of the molecule is C#CNc1ccncc1. The van der Waals surface area contributed by atoms with Crippen molar-refractivity contribution in [3.05, 3.63) is 24.5 Å². The summed E-state index contributed by atoms with van der Waals surface area (Å²) in [6.45, 7) is 0. The van der Waals surface area contributed by atoms with Gasteiger partial charge in [0.25, 0.3) is 0 Å². The summed E-state index contributed by atoms with van der Waals surface area (Å²) in [4.78, 5) is 3.82. The standard InChI is InChI=1S/C7H6N2/c1-2-9-7-3-5-8-6-4-7/h1,3-6H,(H,8,9). The third kappa shape index (κ3) is 1.46. The number of nitrogens with zero attached hydrogens (tertiary/aromatic N) is 1. The van der Waals surface area contributed by atoms with Gasteiger partial charge in [-0.1, -0.05) is 6.42 Å². The molecule has 0 saturated heterocycles. The maximum absolute atomic E-state index is 4.98. The molecule has 0 aromatic carbocycles. The van der Waals surface area contributed by atoms with Crippen molar-refractivity contribution in [1.29, 1.82) is 0 Å². The zero-order valence-electron chi connectivity index (χ0n) is 4.83. The van der Waals surface area contributed by atoms with Gasteiger partial charge in [0.05, 0.1) is 0 Å². The summed E-state index contributed by atoms with van der Waals surface area (Å²) in [5.74, 6) is 0. The maximum Gasteiger partial charge on any atom is 0.0489 e. The van der Waals surface area contributed by atoms with Gasteiger partial charge < -0.3 is 5.32 Å². The highest BCUT2D eigenvalue weighted by Crippen LogP contribution is 2.00. The van der Waals surface area contributed by atoms with Gasteiger partial charge in [0.2, 0.25) is 0 Å². The highest BCUT2D eigenvalue weighted by Gasteiger charge is 1.81. The van der Waals surface area contributed by atoms with Crippen molar-refractivity contribution in [3.63, 3.8) is 0 Å². The molecule has 0 spiro atoms. The lowest BCUT2D eigenvalue weighted by Crippen LogP contribution is -1.85. The number of anilines is 1. The van der Waals surface area contributed by atoms with Crippen LogP contribution in [0.25, 0.3) is 0 Å². The zero-order valence-corrected chi connectivity index (χ0v) is 4.83. The maximum atomic E-state index is 4.98. The smallest absolute Gasteiger partial charge is 0.0489 e. The van der Waals surface area contributed by atoms with E-state index in [9.17, 15) is 0 Å². The van der Waals surface area contributed by atoms with Gasteiger partial charge in [-0.2, -0.15) is 0 Å². The van der Waals surface area contributed by atoms with Gasteiger partial charge >= 0.3 is 0 Å². The molecule has 0 aliphatic heterocycles. The van der Waals surface area contributed by atoms with E-state index in [0.29, 0.717) is 0 Å². The number of nitrogens with one attached hydrogen (secondary N) is 1. The fourth-order valence-corrected chi connectivity index (χ4v) is 0.519. The molecule has 0 saturated carbocycles. The molecule has 1 heterocycles. The Kier molecular flexibility index (Phi) is 1.71. The first-order valence-electron chi connectivity index (χ1n) is 2.55. The largest absolute Gasteiger partial charge is 0.315 e. The molecule has 44 valence electrons. The Morgan fingerprint density at radius 2 is 2.11 bits per heavy atom. The van der Waals surface area contributed by atoms with Crippen LogP contribution in [0.2, 0.25) is 0 Å². The highest BCUT2D eigenvalue weighted by molar-refractivity contribution is 5.45. The van der Waals surface area contributed by atoms with Crippen LogP contribution in [0.3, 0.4) is 0 Å². The number of aromatic nitrogens is 1. The second-order valence-corrected chi connectivity index (χ2v) is 1.51. The van der Waals surface area contributed by atoms with Crippen molar-refractivity contribution < 1.29 is 0 Å². The molecular formula is C7H6N2. The Balaban J connectivity index is 2.76. The Hall–Kier alpha value is -1.49. The average Bonchev–Trinajstić information content (AvgIpc) is 1.91. The van der Waals surface area contributed by atoms with E-state index < -0.39 is 0 Å². The summed E-state index contributed by atoms with van der Waals surface area (Å²) in [7, 11) is 0. The van der Waals surface area contributed by atoms with Crippen molar-refractivity contribution in [2.75, 3.05) is 5.32 Å². The molecule has 1 rings (SSSR count). The molecule has 0 aliphatic carbocycles. The Labute approximate surface area is 53.9 Å². The van der Waals surface area contributed by atoms with Crippen LogP contribution < -0.4 is 5.32 Å². The molecule has 1 aromatic heterocycles. The molecule has 0 atom stereocenters. The van der Waals surface area contributed by atoms with E-state index in [1.165, 1.54) is 0 Å². The van der Waals surface area contributed by atoms with Crippen LogP contribution in [-0.2, 0) is 0 Å². The minimum absolute atomic E-state index is 0.896. The second kappa shape index (κ2) is 2.73. The number of terminal acetylenes is 1. The molecule has 0 aliphatic rings. The van der Waals surface area contributed by atoms with Crippen LogP contribution in [-0.4, -0.2) is 4.98 Å². The third-order valence-corrected chi connectivity index (χ3v) is 0.897. The van der Waals surface area contributed by atoms with Crippen LogP contribution >= 0.6 is 0 Å². The minimum Gasteiger partial charge on any atom is -0.315 e. The van der Waals surface area contributed by atoms with E-state index in [-0.39, 0.29) is 0 Å². The summed E-state index contributed by atoms with van der Waals surface area (Å²) in [6, 6.07) is 5.92. The zero-order chi connectivity index (χ0) is 6.53. The normalized spacial score (nSPS) is 7.89. The lowest BCUT2D eigenvalue weighted by atomic mass is 10.4. The third-order valence-electron chi connectivity index (χ3n) is 0.897. The van der Waals surface area contributed by atoms with Crippen molar-refractivity contribution in [2.45, 2.75) is 0 Å². The fraction of sp³-hybridized carbons (Fsp3) is 0. The van der Waals surface area contributed by atoms with Gasteiger partial charge in [-0.15, -0.1) is 0 Å². The summed E-state index contributed by atoms with van der Waals surface area (Å²) in [6.07, 6.45) is 8.34. The summed E-state index contributed by atoms with van der Waals surface area (Å²) < 4.78 is 0. The van der Waals surface area contributed by atoms with Gasteiger partial charge in [-0.25, -0.2) is 0 Å². The molecule has 1 aromatic rings. The molecular weight excluding hydrogens is 112 g/mol. The van der Waals surface area contributed by atoms with E-state index >= 15 is 0 Å². The van der Waals surface area contributed by atoms with Crippen molar-refractivity contribution in [3.8, 4) is 12.5 Å². The topological polar surface area (TPSA) is 24.9 Å². The van der Waals surface area contributed by atoms with Gasteiger partial charge in [0.15, 0.2) is 0 Å². The number of rotatable bonds is 1. The van der Waals surface area contributed by atoms with Crippen LogP contribution in [0.5, 0.6) is 0 Å². The van der Waals surface area contributed by atoms with Gasteiger partial charge in [-0.3, -0.25) is 4.98 Å². The first-order valence-corrected chi connectivity index (χ1v) is 2.55. The number of hydrogen-bond acceptors (Lipinski definition) is 2. The molecule has 1 N–H and O–H groups in total. The van der Waals surface area contributed by atoms with Gasteiger partial charge in [0.1, 0.15) is 0 Å². The molecule has 0 unspecified atom stereocenters.